The molecule has 0 spiro atoms. The molecule has 1 aromatic heterocycles. The van der Waals surface area contributed by atoms with E-state index in [4.69, 9.17) is 13.9 Å². The number of hydrogen-bond acceptors (Lipinski definition) is 6. The molecule has 8 heteroatoms. The summed E-state index contributed by atoms with van der Waals surface area (Å²) < 4.78 is 29.5. The van der Waals surface area contributed by atoms with E-state index in [0.29, 0.717) is 12.0 Å². The van der Waals surface area contributed by atoms with E-state index in [1.807, 2.05) is 13.8 Å². The molecular weight excluding hydrogens is 441 g/mol. The van der Waals surface area contributed by atoms with E-state index in [0.717, 1.165) is 0 Å². The smallest absolute Gasteiger partial charge is 0.408 e. The standard InChI is InChI=1S/C26H28FNO6/c1-15(2)12-21(28-25(31)34-26(3,4)5)24(30)33-18-10-11-19-22(13-18)32-14-20(23(19)29)16-6-8-17(27)9-7-16/h6-11,13-15,21H,12H2,1-5H3,(H,28,31)/t21-/m1/s1. The molecule has 0 aliphatic rings. The van der Waals surface area contributed by atoms with Gasteiger partial charge in [0.05, 0.1) is 10.9 Å². The molecule has 1 heterocycles. The van der Waals surface area contributed by atoms with Crippen molar-refractivity contribution in [2.75, 3.05) is 0 Å². The lowest BCUT2D eigenvalue weighted by atomic mass is 10.0. The lowest BCUT2D eigenvalue weighted by Crippen LogP contribution is -2.45. The zero-order chi connectivity index (χ0) is 25.0. The first kappa shape index (κ1) is 25.0. The predicted molar refractivity (Wildman–Crippen MR) is 126 cm³/mol. The fraction of sp³-hybridized carbons (Fsp3) is 0.346. The van der Waals surface area contributed by atoms with Crippen molar-refractivity contribution in [1.82, 2.24) is 5.32 Å². The highest BCUT2D eigenvalue weighted by Crippen LogP contribution is 2.24. The van der Waals surface area contributed by atoms with Crippen LogP contribution in [0.5, 0.6) is 5.75 Å². The molecule has 3 aromatic rings. The summed E-state index contributed by atoms with van der Waals surface area (Å²) in [6.45, 7) is 9.02. The number of esters is 1. The lowest BCUT2D eigenvalue weighted by molar-refractivity contribution is -0.137. The van der Waals surface area contributed by atoms with Gasteiger partial charge in [0.15, 0.2) is 5.43 Å². The molecule has 0 bridgehead atoms. The maximum Gasteiger partial charge on any atom is 0.408 e. The van der Waals surface area contributed by atoms with Gasteiger partial charge in [-0.15, -0.1) is 0 Å². The summed E-state index contributed by atoms with van der Waals surface area (Å²) in [5, 5.41) is 2.85. The van der Waals surface area contributed by atoms with Crippen LogP contribution in [0.2, 0.25) is 0 Å². The predicted octanol–water partition coefficient (Wildman–Crippen LogP) is 5.44. The Morgan fingerprint density at radius 2 is 1.76 bits per heavy atom. The van der Waals surface area contributed by atoms with Crippen LogP contribution in [-0.2, 0) is 9.53 Å². The normalized spacial score (nSPS) is 12.4. The van der Waals surface area contributed by atoms with E-state index in [1.54, 1.807) is 20.8 Å². The Morgan fingerprint density at radius 1 is 1.09 bits per heavy atom. The quantitative estimate of drug-likeness (QED) is 0.381. The van der Waals surface area contributed by atoms with Crippen LogP contribution in [0.1, 0.15) is 41.0 Å². The number of benzene rings is 2. The van der Waals surface area contributed by atoms with Crippen molar-refractivity contribution in [3.63, 3.8) is 0 Å². The fourth-order valence-corrected chi connectivity index (χ4v) is 3.32. The van der Waals surface area contributed by atoms with Gasteiger partial charge >= 0.3 is 12.1 Å². The summed E-state index contributed by atoms with van der Waals surface area (Å²) in [5.41, 5.74) is 0.0312. The third-order valence-corrected chi connectivity index (χ3v) is 4.80. The summed E-state index contributed by atoms with van der Waals surface area (Å²) in [6.07, 6.45) is 0.921. The SMILES string of the molecule is CC(C)C[C@@H](NC(=O)OC(C)(C)C)C(=O)Oc1ccc2c(=O)c(-c3ccc(F)cc3)coc2c1. The first-order chi connectivity index (χ1) is 15.9. The summed E-state index contributed by atoms with van der Waals surface area (Å²) in [7, 11) is 0. The number of alkyl carbamates (subject to hydrolysis) is 1. The van der Waals surface area contributed by atoms with Gasteiger partial charge in [0.25, 0.3) is 0 Å². The van der Waals surface area contributed by atoms with Gasteiger partial charge in [-0.25, -0.2) is 14.0 Å². The van der Waals surface area contributed by atoms with Crippen molar-refractivity contribution in [3.05, 3.63) is 64.8 Å². The molecule has 1 N–H and O–H groups in total. The molecule has 0 aliphatic carbocycles. The van der Waals surface area contributed by atoms with Crippen LogP contribution < -0.4 is 15.5 Å². The second-order valence-corrected chi connectivity index (χ2v) is 9.39. The van der Waals surface area contributed by atoms with Gasteiger partial charge in [-0.1, -0.05) is 26.0 Å². The number of halogens is 1. The Balaban J connectivity index is 1.81. The summed E-state index contributed by atoms with van der Waals surface area (Å²) >= 11 is 0. The van der Waals surface area contributed by atoms with Crippen molar-refractivity contribution >= 4 is 23.0 Å². The third kappa shape index (κ3) is 6.43. The van der Waals surface area contributed by atoms with Crippen molar-refractivity contribution in [1.29, 1.82) is 0 Å². The first-order valence-corrected chi connectivity index (χ1v) is 11.0. The minimum Gasteiger partial charge on any atom is -0.463 e. The van der Waals surface area contributed by atoms with Crippen LogP contribution in [0.25, 0.3) is 22.1 Å². The molecule has 0 saturated heterocycles. The Morgan fingerprint density at radius 3 is 2.38 bits per heavy atom. The molecule has 0 saturated carbocycles. The number of hydrogen-bond donors (Lipinski definition) is 1. The third-order valence-electron chi connectivity index (χ3n) is 4.80. The Kier molecular flexibility index (Phi) is 7.39. The second kappa shape index (κ2) is 10.1. The number of ether oxygens (including phenoxy) is 2. The highest BCUT2D eigenvalue weighted by Gasteiger charge is 2.27. The monoisotopic (exact) mass is 469 g/mol. The van der Waals surface area contributed by atoms with E-state index in [1.165, 1.54) is 48.7 Å². The Bertz CT molecular complexity index is 1240. The zero-order valence-electron chi connectivity index (χ0n) is 19.8. The van der Waals surface area contributed by atoms with Gasteiger partial charge in [-0.05, 0) is 62.9 Å². The number of nitrogens with one attached hydrogen (secondary N) is 1. The Hall–Kier alpha value is -3.68. The highest BCUT2D eigenvalue weighted by atomic mass is 19.1. The Labute approximate surface area is 196 Å². The van der Waals surface area contributed by atoms with Crippen LogP contribution in [0.4, 0.5) is 9.18 Å². The number of carbonyl (C=O) groups excluding carboxylic acids is 2. The van der Waals surface area contributed by atoms with Gasteiger partial charge in [-0.2, -0.15) is 0 Å². The number of carbonyl (C=O) groups is 2. The first-order valence-electron chi connectivity index (χ1n) is 11.0. The highest BCUT2D eigenvalue weighted by molar-refractivity contribution is 5.86. The molecule has 0 radical (unpaired) electrons. The molecule has 180 valence electrons. The van der Waals surface area contributed by atoms with Gasteiger partial charge in [-0.3, -0.25) is 4.79 Å². The second-order valence-electron chi connectivity index (χ2n) is 9.39. The molecule has 1 amide bonds. The van der Waals surface area contributed by atoms with Crippen LogP contribution in [0, 0.1) is 11.7 Å². The van der Waals surface area contributed by atoms with Crippen LogP contribution in [-0.4, -0.2) is 23.7 Å². The van der Waals surface area contributed by atoms with E-state index < -0.39 is 29.5 Å². The van der Waals surface area contributed by atoms with Gasteiger partial charge < -0.3 is 19.2 Å². The average Bonchev–Trinajstić information content (AvgIpc) is 2.72. The fourth-order valence-electron chi connectivity index (χ4n) is 3.32. The number of amides is 1. The van der Waals surface area contributed by atoms with Gasteiger partial charge in [0.2, 0.25) is 0 Å². The molecule has 34 heavy (non-hydrogen) atoms. The van der Waals surface area contributed by atoms with Crippen molar-refractivity contribution in [2.45, 2.75) is 52.7 Å². The number of rotatable bonds is 6. The molecule has 2 aromatic carbocycles. The lowest BCUT2D eigenvalue weighted by Gasteiger charge is -2.23. The van der Waals surface area contributed by atoms with Crippen LogP contribution in [0.3, 0.4) is 0 Å². The van der Waals surface area contributed by atoms with Crippen molar-refractivity contribution < 1.29 is 27.9 Å². The van der Waals surface area contributed by atoms with Crippen LogP contribution >= 0.6 is 0 Å². The van der Waals surface area contributed by atoms with E-state index >= 15 is 0 Å². The summed E-state index contributed by atoms with van der Waals surface area (Å²) in [6, 6.07) is 9.01. The van der Waals surface area contributed by atoms with Crippen molar-refractivity contribution in [3.8, 4) is 16.9 Å². The average molecular weight is 470 g/mol. The minimum absolute atomic E-state index is 0.104. The van der Waals surface area contributed by atoms with Gasteiger partial charge in [0.1, 0.15) is 35.1 Å². The van der Waals surface area contributed by atoms with Crippen molar-refractivity contribution in [2.24, 2.45) is 5.92 Å². The summed E-state index contributed by atoms with van der Waals surface area (Å²) in [5.74, 6) is -0.802. The topological polar surface area (TPSA) is 94.8 Å². The molecule has 0 aliphatic heterocycles. The van der Waals surface area contributed by atoms with Crippen LogP contribution in [0.15, 0.2) is 57.9 Å². The summed E-state index contributed by atoms with van der Waals surface area (Å²) in [4.78, 5) is 37.9. The van der Waals surface area contributed by atoms with E-state index in [-0.39, 0.29) is 33.6 Å². The molecule has 1 atom stereocenters. The molecule has 7 nitrogen and oxygen atoms in total. The molecule has 0 unspecified atom stereocenters. The van der Waals surface area contributed by atoms with E-state index in [2.05, 4.69) is 5.32 Å². The van der Waals surface area contributed by atoms with E-state index in [9.17, 15) is 18.8 Å². The maximum atomic E-state index is 13.2. The zero-order valence-corrected chi connectivity index (χ0v) is 19.8. The molecule has 3 rings (SSSR count). The minimum atomic E-state index is -0.918. The number of fused-ring (bicyclic) bond motifs is 1. The largest absolute Gasteiger partial charge is 0.463 e. The maximum absolute atomic E-state index is 13.2. The molecular formula is C26H28FNO6. The molecule has 0 fully saturated rings. The van der Waals surface area contributed by atoms with Gasteiger partial charge in [0, 0.05) is 6.07 Å².